The minimum Gasteiger partial charge on any atom is -0.349 e. The molecular formula is C30H39ClFN5O2. The maximum Gasteiger partial charge on any atom is 0.258 e. The monoisotopic (exact) mass is 555 g/mol. The van der Waals surface area contributed by atoms with Crippen LogP contribution in [0.5, 0.6) is 0 Å². The van der Waals surface area contributed by atoms with Crippen LogP contribution >= 0.6 is 11.6 Å². The lowest BCUT2D eigenvalue weighted by atomic mass is 10.0. The first-order valence-corrected chi connectivity index (χ1v) is 14.5. The molecular weight excluding hydrogens is 517 g/mol. The summed E-state index contributed by atoms with van der Waals surface area (Å²) in [5.41, 5.74) is 1.11. The largest absolute Gasteiger partial charge is 0.349 e. The van der Waals surface area contributed by atoms with Gasteiger partial charge in [-0.05, 0) is 43.0 Å². The summed E-state index contributed by atoms with van der Waals surface area (Å²) in [6, 6.07) is 14.5. The molecule has 3 fully saturated rings. The molecule has 3 saturated heterocycles. The van der Waals surface area contributed by atoms with Gasteiger partial charge in [0, 0.05) is 71.9 Å². The molecule has 2 aromatic carbocycles. The van der Waals surface area contributed by atoms with Crippen LogP contribution in [0.2, 0.25) is 5.02 Å². The molecule has 3 unspecified atom stereocenters. The van der Waals surface area contributed by atoms with E-state index < -0.39 is 5.82 Å². The van der Waals surface area contributed by atoms with Crippen molar-refractivity contribution < 1.29 is 14.0 Å². The van der Waals surface area contributed by atoms with Crippen LogP contribution in [0.4, 0.5) is 4.39 Å². The van der Waals surface area contributed by atoms with Gasteiger partial charge in [0.1, 0.15) is 5.82 Å². The Labute approximate surface area is 235 Å². The molecule has 2 amide bonds. The number of hydrogen-bond acceptors (Lipinski definition) is 5. The lowest BCUT2D eigenvalue weighted by molar-refractivity contribution is -0.122. The molecule has 39 heavy (non-hydrogen) atoms. The number of amides is 2. The van der Waals surface area contributed by atoms with Gasteiger partial charge in [-0.1, -0.05) is 48.0 Å². The molecule has 9 heteroatoms. The van der Waals surface area contributed by atoms with Gasteiger partial charge in [0.25, 0.3) is 5.91 Å². The average molecular weight is 556 g/mol. The average Bonchev–Trinajstić information content (AvgIpc) is 3.50. The first-order valence-electron chi connectivity index (χ1n) is 14.1. The van der Waals surface area contributed by atoms with E-state index in [0.717, 1.165) is 64.3 Å². The van der Waals surface area contributed by atoms with Crippen LogP contribution in [-0.4, -0.2) is 104 Å². The zero-order chi connectivity index (χ0) is 27.4. The third-order valence-electron chi connectivity index (χ3n) is 8.55. The van der Waals surface area contributed by atoms with Crippen LogP contribution in [0.25, 0.3) is 0 Å². The normalized spacial score (nSPS) is 23.1. The summed E-state index contributed by atoms with van der Waals surface area (Å²) in [5.74, 6) is -0.0473. The molecule has 3 aliphatic heterocycles. The number of nitrogens with one attached hydrogen (secondary N) is 1. The van der Waals surface area contributed by atoms with Crippen molar-refractivity contribution in [1.82, 2.24) is 24.9 Å². The molecule has 3 heterocycles. The summed E-state index contributed by atoms with van der Waals surface area (Å²) in [4.78, 5) is 34.8. The van der Waals surface area contributed by atoms with Crippen LogP contribution < -0.4 is 5.32 Å². The Morgan fingerprint density at radius 1 is 0.923 bits per heavy atom. The van der Waals surface area contributed by atoms with E-state index in [1.165, 1.54) is 12.1 Å². The summed E-state index contributed by atoms with van der Waals surface area (Å²) in [5, 5.41) is 3.47. The fraction of sp³-hybridized carbons (Fsp3) is 0.533. The predicted molar refractivity (Wildman–Crippen MR) is 151 cm³/mol. The van der Waals surface area contributed by atoms with Crippen molar-refractivity contribution in [2.45, 2.75) is 18.9 Å². The van der Waals surface area contributed by atoms with E-state index in [2.05, 4.69) is 39.2 Å². The van der Waals surface area contributed by atoms with Crippen LogP contribution in [0.3, 0.4) is 0 Å². The Kier molecular flexibility index (Phi) is 9.17. The predicted octanol–water partition coefficient (Wildman–Crippen LogP) is 3.37. The van der Waals surface area contributed by atoms with E-state index >= 15 is 0 Å². The number of rotatable bonds is 9. The molecule has 0 saturated carbocycles. The van der Waals surface area contributed by atoms with Gasteiger partial charge in [-0.3, -0.25) is 9.59 Å². The van der Waals surface area contributed by atoms with E-state index in [0.29, 0.717) is 31.3 Å². The molecule has 3 aliphatic rings. The highest BCUT2D eigenvalue weighted by Gasteiger charge is 2.42. The van der Waals surface area contributed by atoms with E-state index in [4.69, 9.17) is 11.6 Å². The van der Waals surface area contributed by atoms with Crippen molar-refractivity contribution in [2.75, 3.05) is 72.5 Å². The number of benzene rings is 2. The number of fused-ring (bicyclic) bond motifs is 1. The molecule has 0 bridgehead atoms. The molecule has 2 aromatic rings. The van der Waals surface area contributed by atoms with E-state index in [1.807, 2.05) is 18.2 Å². The van der Waals surface area contributed by atoms with Crippen molar-refractivity contribution in [3.63, 3.8) is 0 Å². The van der Waals surface area contributed by atoms with Crippen LogP contribution in [0.1, 0.15) is 34.8 Å². The Balaban J connectivity index is 1.12. The number of nitrogens with zero attached hydrogens (tertiary/aromatic N) is 4. The Bertz CT molecular complexity index is 1110. The summed E-state index contributed by atoms with van der Waals surface area (Å²) < 4.78 is 14.3. The highest BCUT2D eigenvalue weighted by atomic mass is 35.5. The van der Waals surface area contributed by atoms with Crippen LogP contribution in [0.15, 0.2) is 48.5 Å². The maximum absolute atomic E-state index is 14.3. The number of likely N-dealkylation sites (N-methyl/N-ethyl adjacent to an activating group) is 1. The number of carbonyl (C=O) groups is 2. The number of halogens is 2. The number of piperazine rings is 1. The lowest BCUT2D eigenvalue weighted by Gasteiger charge is -2.32. The SMILES string of the molecule is CN1CCN(CCC(=O)NC(CCN2CC3CN(C(=O)c4c(F)cccc4Cl)CC3C2)c2ccccc2)CC1. The van der Waals surface area contributed by atoms with E-state index in [9.17, 15) is 14.0 Å². The standard InChI is InChI=1S/C30H39ClFN5O2/c1-34-14-16-35(17-15-34)13-11-28(38)33-27(22-6-3-2-4-7-22)10-12-36-18-23-20-37(21-24(23)19-36)30(39)29-25(31)8-5-9-26(29)32/h2-9,23-24,27H,10-21H2,1H3,(H,33,38). The van der Waals surface area contributed by atoms with Gasteiger partial charge < -0.3 is 24.9 Å². The van der Waals surface area contributed by atoms with Gasteiger partial charge in [-0.2, -0.15) is 0 Å². The Morgan fingerprint density at radius 2 is 1.62 bits per heavy atom. The Hall–Kier alpha value is -2.52. The zero-order valence-corrected chi connectivity index (χ0v) is 23.5. The first kappa shape index (κ1) is 28.0. The Morgan fingerprint density at radius 3 is 2.28 bits per heavy atom. The summed E-state index contributed by atoms with van der Waals surface area (Å²) in [6.45, 7) is 8.84. The zero-order valence-electron chi connectivity index (χ0n) is 22.7. The third-order valence-corrected chi connectivity index (χ3v) is 8.86. The number of hydrogen-bond donors (Lipinski definition) is 1. The quantitative estimate of drug-likeness (QED) is 0.514. The molecule has 0 spiro atoms. The second-order valence-electron chi connectivity index (χ2n) is 11.3. The van der Waals surface area contributed by atoms with Crippen molar-refractivity contribution in [1.29, 1.82) is 0 Å². The maximum atomic E-state index is 14.3. The fourth-order valence-corrected chi connectivity index (χ4v) is 6.46. The van der Waals surface area contributed by atoms with Crippen LogP contribution in [0, 0.1) is 17.7 Å². The second kappa shape index (κ2) is 12.8. The fourth-order valence-electron chi connectivity index (χ4n) is 6.22. The van der Waals surface area contributed by atoms with E-state index in [-0.39, 0.29) is 28.4 Å². The highest BCUT2D eigenvalue weighted by molar-refractivity contribution is 6.33. The molecule has 0 aliphatic carbocycles. The summed E-state index contributed by atoms with van der Waals surface area (Å²) in [7, 11) is 2.14. The molecule has 210 valence electrons. The molecule has 0 radical (unpaired) electrons. The lowest BCUT2D eigenvalue weighted by Crippen LogP contribution is -2.45. The number of likely N-dealkylation sites (tertiary alicyclic amines) is 2. The first-order chi connectivity index (χ1) is 18.9. The van der Waals surface area contributed by atoms with Crippen molar-refractivity contribution in [2.24, 2.45) is 11.8 Å². The van der Waals surface area contributed by atoms with Gasteiger partial charge in [-0.25, -0.2) is 4.39 Å². The van der Waals surface area contributed by atoms with Crippen molar-refractivity contribution in [3.05, 3.63) is 70.5 Å². The van der Waals surface area contributed by atoms with Gasteiger partial charge in [0.2, 0.25) is 5.91 Å². The minimum absolute atomic E-state index is 0.0231. The second-order valence-corrected chi connectivity index (χ2v) is 11.7. The third kappa shape index (κ3) is 6.98. The topological polar surface area (TPSA) is 59.1 Å². The van der Waals surface area contributed by atoms with Gasteiger partial charge in [0.05, 0.1) is 16.6 Å². The smallest absolute Gasteiger partial charge is 0.258 e. The van der Waals surface area contributed by atoms with Crippen molar-refractivity contribution in [3.8, 4) is 0 Å². The number of carbonyl (C=O) groups excluding carboxylic acids is 2. The molecule has 5 rings (SSSR count). The molecule has 3 atom stereocenters. The minimum atomic E-state index is -0.566. The van der Waals surface area contributed by atoms with Gasteiger partial charge in [0.15, 0.2) is 0 Å². The van der Waals surface area contributed by atoms with E-state index in [1.54, 1.807) is 11.0 Å². The highest BCUT2D eigenvalue weighted by Crippen LogP contribution is 2.33. The molecule has 0 aromatic heterocycles. The van der Waals surface area contributed by atoms with Gasteiger partial charge >= 0.3 is 0 Å². The van der Waals surface area contributed by atoms with Gasteiger partial charge in [-0.15, -0.1) is 0 Å². The van der Waals surface area contributed by atoms with Crippen molar-refractivity contribution >= 4 is 23.4 Å². The summed E-state index contributed by atoms with van der Waals surface area (Å²) in [6.07, 6.45) is 1.34. The summed E-state index contributed by atoms with van der Waals surface area (Å²) >= 11 is 6.14. The molecule has 7 nitrogen and oxygen atoms in total. The molecule has 1 N–H and O–H groups in total. The van der Waals surface area contributed by atoms with Crippen LogP contribution in [-0.2, 0) is 4.79 Å².